The van der Waals surface area contributed by atoms with Crippen molar-refractivity contribution < 1.29 is 77.3 Å². The predicted molar refractivity (Wildman–Crippen MR) is 353 cm³/mol. The number of H-pyrrole nitrogens is 2. The van der Waals surface area contributed by atoms with Crippen molar-refractivity contribution in [3.8, 4) is 0 Å². The molecule has 10 amide bonds. The van der Waals surface area contributed by atoms with Crippen LogP contribution in [0.5, 0.6) is 0 Å². The molecule has 518 valence electrons. The Kier molecular flexibility index (Phi) is 26.3. The number of hydrogen-bond donors (Lipinski definition) is 15. The van der Waals surface area contributed by atoms with Gasteiger partial charge in [-0.15, -0.1) is 0 Å². The van der Waals surface area contributed by atoms with Crippen LogP contribution < -0.4 is 54.0 Å². The minimum atomic E-state index is -1.78. The summed E-state index contributed by atoms with van der Waals surface area (Å²) < 4.78 is 5.57. The van der Waals surface area contributed by atoms with Crippen LogP contribution >= 0.6 is 0 Å². The molecule has 1 saturated heterocycles. The van der Waals surface area contributed by atoms with E-state index in [0.29, 0.717) is 40.6 Å². The number of aliphatic hydroxyl groups excluding tert-OH is 1. The Morgan fingerprint density at radius 3 is 1.87 bits per heavy atom. The van der Waals surface area contributed by atoms with Crippen molar-refractivity contribution in [1.29, 1.82) is 0 Å². The van der Waals surface area contributed by atoms with Gasteiger partial charge in [0.2, 0.25) is 53.2 Å². The van der Waals surface area contributed by atoms with Gasteiger partial charge in [0, 0.05) is 73.9 Å². The molecule has 0 saturated carbocycles. The smallest absolute Gasteiger partial charge is 0.326 e. The summed E-state index contributed by atoms with van der Waals surface area (Å²) in [5.74, 6) is -11.5. The summed E-state index contributed by atoms with van der Waals surface area (Å²) in [5.41, 5.74) is 13.4. The maximum absolute atomic E-state index is 14.9. The molecule has 1 aliphatic heterocycles. The third kappa shape index (κ3) is 20.6. The number of nitrogens with one attached hydrogen (secondary N) is 10. The Balaban J connectivity index is 0.991. The Hall–Kier alpha value is -11.3. The summed E-state index contributed by atoms with van der Waals surface area (Å²) in [6.07, 6.45) is 3.94. The number of primary amides is 1. The fourth-order valence-electron chi connectivity index (χ4n) is 11.5. The number of rotatable bonds is 37. The lowest BCUT2D eigenvalue weighted by Gasteiger charge is -2.31. The first kappa shape index (κ1) is 72.6. The summed E-state index contributed by atoms with van der Waals surface area (Å²) in [5, 5.41) is 53.3. The van der Waals surface area contributed by atoms with Gasteiger partial charge < -0.3 is 88.6 Å². The van der Waals surface area contributed by atoms with E-state index < -0.39 is 158 Å². The van der Waals surface area contributed by atoms with Crippen molar-refractivity contribution in [1.82, 2.24) is 62.4 Å². The van der Waals surface area contributed by atoms with E-state index in [0.717, 1.165) is 15.7 Å². The lowest BCUT2D eigenvalue weighted by molar-refractivity contribution is -0.143. The van der Waals surface area contributed by atoms with Gasteiger partial charge >= 0.3 is 11.9 Å². The lowest BCUT2D eigenvalue weighted by Crippen LogP contribution is -2.61. The van der Waals surface area contributed by atoms with Gasteiger partial charge in [-0.3, -0.25) is 52.7 Å². The van der Waals surface area contributed by atoms with Gasteiger partial charge in [0.1, 0.15) is 60.1 Å². The monoisotopic (exact) mass is 1350 g/mol. The molecule has 1 fully saturated rings. The van der Waals surface area contributed by atoms with Gasteiger partial charge in [0.05, 0.1) is 24.9 Å². The van der Waals surface area contributed by atoms with E-state index in [1.165, 1.54) is 18.8 Å². The first-order valence-corrected chi connectivity index (χ1v) is 32.0. The summed E-state index contributed by atoms with van der Waals surface area (Å²) in [6.45, 7) is -0.831. The predicted octanol–water partition coefficient (Wildman–Crippen LogP) is 0.427. The van der Waals surface area contributed by atoms with Gasteiger partial charge in [0.15, 0.2) is 0 Å². The average molecular weight is 1350 g/mol. The third-order valence-electron chi connectivity index (χ3n) is 16.7. The number of fused-ring (bicyclic) bond motifs is 2. The molecule has 3 aromatic heterocycles. The van der Waals surface area contributed by atoms with Crippen LogP contribution in [0.4, 0.5) is 0 Å². The van der Waals surface area contributed by atoms with Crippen molar-refractivity contribution in [2.45, 2.75) is 138 Å². The van der Waals surface area contributed by atoms with E-state index in [2.05, 4.69) is 57.5 Å². The number of unbranched alkanes of at least 4 members (excludes halogenated alkanes) is 1. The van der Waals surface area contributed by atoms with Crippen LogP contribution in [-0.2, 0) is 78.4 Å². The molecule has 0 unspecified atom stereocenters. The molecule has 98 heavy (non-hydrogen) atoms. The average Bonchev–Trinajstić information content (AvgIpc) is 1.58. The fraction of sp³-hybridized carbons (Fsp3) is 0.368. The number of para-hydroxylation sites is 1. The SMILES string of the molecule is NCCCC[C@H](NC(=O)[C@H](CCC(=O)O)NC(=O)[C@H](Cc1ccccc1)NC(=O)[C@H](CCC(N)=O)NC(=O)[C@@H]1CCCN1C(=O)[C@H](Cc1c[nH]cn1)NC(=O)[C@H](CO)NC(=O)[C@H](Cc1c[nH]c2ccccc12)NC(=O)[C@H](Cc1ccco1)NC(=O)c1ccc2ccccc2c1)C(=O)O. The van der Waals surface area contributed by atoms with Crippen molar-refractivity contribution >= 4 is 92.7 Å². The van der Waals surface area contributed by atoms with E-state index in [1.54, 1.807) is 85.1 Å². The van der Waals surface area contributed by atoms with Crippen LogP contribution in [0.3, 0.4) is 0 Å². The highest BCUT2D eigenvalue weighted by Crippen LogP contribution is 2.23. The zero-order valence-corrected chi connectivity index (χ0v) is 53.4. The largest absolute Gasteiger partial charge is 0.481 e. The zero-order valence-electron chi connectivity index (χ0n) is 53.4. The first-order valence-electron chi connectivity index (χ1n) is 32.0. The minimum Gasteiger partial charge on any atom is -0.481 e. The second-order valence-electron chi connectivity index (χ2n) is 23.8. The summed E-state index contributed by atoms with van der Waals surface area (Å²) in [4.78, 5) is 177. The number of aliphatic hydroxyl groups is 1. The number of aromatic nitrogens is 3. The minimum absolute atomic E-state index is 0.0216. The number of carbonyl (C=O) groups excluding carboxylic acids is 10. The number of carboxylic acid groups (broad SMARTS) is 2. The molecule has 17 N–H and O–H groups in total. The Morgan fingerprint density at radius 1 is 0.592 bits per heavy atom. The standard InChI is InChI=1S/C68H80N14O16/c69-27-9-8-19-50(68(96)97)76-60(88)49(24-26-58(85)86)74-62(90)51(30-39-12-2-1-3-13-39)78-61(89)48(23-25-57(70)84)75-66(94)56-20-10-28-82(56)67(95)54(33-44-36-71-38-73-44)80-65(93)55(37-83)81-63(91)52(32-43-35-72-47-18-7-6-17-46(43)47)79-64(92)53(34-45-16-11-29-98-45)77-59(87)42-22-21-40-14-4-5-15-41(40)31-42/h1-7,11-18,21-22,29,31,35-36,38,48-56,72,83H,8-10,19-20,23-28,30,32-34,37,69H2,(H2,70,84)(H,71,73)(H,74,90)(H,75,94)(H,76,88)(H,77,87)(H,78,89)(H,79,92)(H,80,93)(H,81,91)(H,85,86)(H,96,97)/t48-,49-,50-,51-,52-,53-,54-,55-,56-/m0/s1. The molecule has 8 rings (SSSR count). The number of aromatic amines is 2. The van der Waals surface area contributed by atoms with Crippen LogP contribution in [0.2, 0.25) is 0 Å². The van der Waals surface area contributed by atoms with Crippen LogP contribution in [-0.4, -0.2) is 180 Å². The number of hydrogen-bond acceptors (Lipinski definition) is 16. The maximum Gasteiger partial charge on any atom is 0.326 e. The van der Waals surface area contributed by atoms with Crippen LogP contribution in [0.1, 0.15) is 90.7 Å². The molecule has 0 radical (unpaired) electrons. The van der Waals surface area contributed by atoms with Gasteiger partial charge in [0.25, 0.3) is 5.91 Å². The fourth-order valence-corrected chi connectivity index (χ4v) is 11.5. The third-order valence-corrected chi connectivity index (χ3v) is 16.7. The molecule has 7 aromatic rings. The van der Waals surface area contributed by atoms with E-state index in [-0.39, 0.29) is 69.3 Å². The Labute approximate surface area is 561 Å². The summed E-state index contributed by atoms with van der Waals surface area (Å²) >= 11 is 0. The highest BCUT2D eigenvalue weighted by molar-refractivity contribution is 6.02. The molecule has 30 heteroatoms. The molecule has 1 aliphatic rings. The van der Waals surface area contributed by atoms with Gasteiger partial charge in [-0.05, 0) is 104 Å². The number of benzene rings is 4. The molecule has 4 heterocycles. The lowest BCUT2D eigenvalue weighted by atomic mass is 10.0. The van der Waals surface area contributed by atoms with Crippen molar-refractivity contribution in [2.24, 2.45) is 11.5 Å². The van der Waals surface area contributed by atoms with Crippen LogP contribution in [0.25, 0.3) is 21.7 Å². The first-order chi connectivity index (χ1) is 47.2. The molecule has 0 spiro atoms. The number of likely N-dealkylation sites (tertiary alicyclic amines) is 1. The number of carboxylic acids is 2. The van der Waals surface area contributed by atoms with E-state index in [9.17, 15) is 72.9 Å². The molecular weight excluding hydrogens is 1270 g/mol. The van der Waals surface area contributed by atoms with Gasteiger partial charge in [-0.1, -0.05) is 78.9 Å². The molecular formula is C68H80N14O16. The summed E-state index contributed by atoms with van der Waals surface area (Å²) in [7, 11) is 0. The van der Waals surface area contributed by atoms with Crippen molar-refractivity contribution in [3.05, 3.63) is 162 Å². The van der Waals surface area contributed by atoms with E-state index >= 15 is 0 Å². The maximum atomic E-state index is 14.9. The van der Waals surface area contributed by atoms with Crippen molar-refractivity contribution in [3.63, 3.8) is 0 Å². The number of imidazole rings is 1. The second kappa shape index (κ2) is 35.5. The Morgan fingerprint density at radius 2 is 1.20 bits per heavy atom. The highest BCUT2D eigenvalue weighted by Gasteiger charge is 2.41. The molecule has 0 aliphatic carbocycles. The van der Waals surface area contributed by atoms with Crippen molar-refractivity contribution in [2.75, 3.05) is 19.7 Å². The summed E-state index contributed by atoms with van der Waals surface area (Å²) in [6, 6.07) is 17.4. The normalized spacial score (nSPS) is 15.2. The number of nitrogens with zero attached hydrogens (tertiary/aromatic N) is 2. The number of nitrogens with two attached hydrogens (primary N) is 2. The van der Waals surface area contributed by atoms with Gasteiger partial charge in [-0.2, -0.15) is 0 Å². The van der Waals surface area contributed by atoms with Crippen LogP contribution in [0, 0.1) is 0 Å². The zero-order chi connectivity index (χ0) is 70.3. The van der Waals surface area contributed by atoms with Crippen LogP contribution in [0.15, 0.2) is 139 Å². The molecule has 30 nitrogen and oxygen atoms in total. The van der Waals surface area contributed by atoms with E-state index in [4.69, 9.17) is 15.9 Å². The number of carbonyl (C=O) groups is 12. The van der Waals surface area contributed by atoms with E-state index in [1.807, 2.05) is 30.3 Å². The molecule has 9 atom stereocenters. The number of furan rings is 1. The Bertz CT molecular complexity index is 3940. The highest BCUT2D eigenvalue weighted by atomic mass is 16.4. The molecule has 4 aromatic carbocycles. The molecule has 0 bridgehead atoms. The number of amides is 10. The second-order valence-corrected chi connectivity index (χ2v) is 23.8. The van der Waals surface area contributed by atoms with Gasteiger partial charge in [-0.25, -0.2) is 9.78 Å². The topological polar surface area (TPSA) is 475 Å². The quantitative estimate of drug-likeness (QED) is 0.0235. The number of aliphatic carboxylic acids is 2.